The van der Waals surface area contributed by atoms with Gasteiger partial charge in [-0.3, -0.25) is 4.90 Å². The first-order valence-electron chi connectivity index (χ1n) is 14.4. The van der Waals surface area contributed by atoms with E-state index in [2.05, 4.69) is 78.4 Å². The lowest BCUT2D eigenvalue weighted by Gasteiger charge is -2.32. The fraction of sp³-hybridized carbons (Fsp3) is 0.500. The van der Waals surface area contributed by atoms with E-state index in [1.807, 2.05) is 71.4 Å². The van der Waals surface area contributed by atoms with Gasteiger partial charge >= 0.3 is 0 Å². The number of hydrogen-bond donors (Lipinski definition) is 0. The molecule has 2 heterocycles. The Morgan fingerprint density at radius 3 is 2.03 bits per heavy atom. The summed E-state index contributed by atoms with van der Waals surface area (Å²) in [5.41, 5.74) is 3.83. The highest BCUT2D eigenvalue weighted by Crippen LogP contribution is 2.26. The monoisotopic (exact) mass is 507 g/mol. The molecule has 0 unspecified atom stereocenters. The quantitative estimate of drug-likeness (QED) is 0.262. The highest BCUT2D eigenvalue weighted by molar-refractivity contribution is 5.26. The second-order valence-corrected chi connectivity index (χ2v) is 8.49. The Hall–Kier alpha value is -2.65. The molecule has 0 aromatic carbocycles. The van der Waals surface area contributed by atoms with E-state index in [0.717, 1.165) is 38.5 Å². The molecule has 1 aromatic rings. The molecule has 3 heteroatoms. The summed E-state index contributed by atoms with van der Waals surface area (Å²) < 4.78 is 2.24. The van der Waals surface area contributed by atoms with Crippen LogP contribution in [0, 0.1) is 5.92 Å². The summed E-state index contributed by atoms with van der Waals surface area (Å²) in [5, 5.41) is 0. The van der Waals surface area contributed by atoms with Gasteiger partial charge in [0.1, 0.15) is 0 Å². The fourth-order valence-electron chi connectivity index (χ4n) is 3.79. The predicted molar refractivity (Wildman–Crippen MR) is 169 cm³/mol. The average molecular weight is 508 g/mol. The molecule has 0 amide bonds. The van der Waals surface area contributed by atoms with Crippen LogP contribution in [0.5, 0.6) is 0 Å². The van der Waals surface area contributed by atoms with E-state index >= 15 is 0 Å². The van der Waals surface area contributed by atoms with Crippen molar-refractivity contribution < 1.29 is 0 Å². The molecule has 1 aromatic heterocycles. The Balaban J connectivity index is 0. The third-order valence-electron chi connectivity index (χ3n) is 5.76. The number of hydrogen-bond acceptors (Lipinski definition) is 2. The minimum absolute atomic E-state index is 0.730. The highest BCUT2D eigenvalue weighted by Gasteiger charge is 2.20. The first kappa shape index (κ1) is 36.5. The van der Waals surface area contributed by atoms with E-state index in [-0.39, 0.29) is 0 Å². The maximum absolute atomic E-state index is 4.39. The van der Waals surface area contributed by atoms with Crippen molar-refractivity contribution in [1.82, 2.24) is 14.5 Å². The zero-order chi connectivity index (χ0) is 28.3. The maximum atomic E-state index is 4.39. The molecule has 1 fully saturated rings. The molecule has 1 aliphatic heterocycles. The number of nitrogens with zero attached hydrogens (tertiary/aromatic N) is 3. The van der Waals surface area contributed by atoms with E-state index in [1.54, 1.807) is 0 Å². The molecule has 0 atom stereocenters. The molecule has 208 valence electrons. The maximum Gasteiger partial charge on any atom is 0.0951 e. The van der Waals surface area contributed by atoms with Crippen LogP contribution in [0.15, 0.2) is 98.1 Å². The molecule has 2 rings (SSSR count). The van der Waals surface area contributed by atoms with Gasteiger partial charge in [-0.2, -0.15) is 0 Å². The number of likely N-dealkylation sites (tertiary alicyclic amines) is 1. The van der Waals surface area contributed by atoms with E-state index in [1.165, 1.54) is 42.5 Å². The Bertz CT molecular complexity index is 810. The van der Waals surface area contributed by atoms with E-state index in [4.69, 9.17) is 0 Å². The van der Waals surface area contributed by atoms with Gasteiger partial charge in [0.2, 0.25) is 0 Å². The summed E-state index contributed by atoms with van der Waals surface area (Å²) in [7, 11) is 0. The fourth-order valence-corrected chi connectivity index (χ4v) is 3.79. The summed E-state index contributed by atoms with van der Waals surface area (Å²) in [6.45, 7) is 29.9. The SMILES string of the molecule is C=C/C=C\C(=C/C=C)CC1CCN(Cc2cncn2CC(/C=C\C)=C/C=C)CC1.CC.CC.CCCC. The number of imidazole rings is 1. The van der Waals surface area contributed by atoms with Crippen LogP contribution in [0.3, 0.4) is 0 Å². The second-order valence-electron chi connectivity index (χ2n) is 8.49. The van der Waals surface area contributed by atoms with Crippen LogP contribution in [0.4, 0.5) is 0 Å². The molecule has 0 bridgehead atoms. The summed E-state index contributed by atoms with van der Waals surface area (Å²) >= 11 is 0. The predicted octanol–water partition coefficient (Wildman–Crippen LogP) is 9.89. The van der Waals surface area contributed by atoms with Gasteiger partial charge in [-0.1, -0.05) is 129 Å². The summed E-state index contributed by atoms with van der Waals surface area (Å²) in [4.78, 5) is 6.94. The van der Waals surface area contributed by atoms with Crippen molar-refractivity contribution >= 4 is 0 Å². The lowest BCUT2D eigenvalue weighted by molar-refractivity contribution is 0.174. The van der Waals surface area contributed by atoms with Gasteiger partial charge in [0.25, 0.3) is 0 Å². The van der Waals surface area contributed by atoms with Gasteiger partial charge in [-0.15, -0.1) is 0 Å². The molecule has 0 saturated carbocycles. The number of aromatic nitrogens is 2. The Morgan fingerprint density at radius 1 is 0.919 bits per heavy atom. The topological polar surface area (TPSA) is 21.1 Å². The van der Waals surface area contributed by atoms with Gasteiger partial charge in [0, 0.05) is 19.3 Å². The summed E-state index contributed by atoms with van der Waals surface area (Å²) in [5.74, 6) is 0.730. The molecule has 3 nitrogen and oxygen atoms in total. The first-order valence-corrected chi connectivity index (χ1v) is 14.4. The van der Waals surface area contributed by atoms with E-state index in [0.29, 0.717) is 0 Å². The molecule has 1 aliphatic rings. The smallest absolute Gasteiger partial charge is 0.0951 e. The Kier molecular flexibility index (Phi) is 26.1. The van der Waals surface area contributed by atoms with Crippen molar-refractivity contribution in [2.45, 2.75) is 93.7 Å². The molecule has 0 N–H and O–H groups in total. The Morgan fingerprint density at radius 2 is 1.51 bits per heavy atom. The minimum Gasteiger partial charge on any atom is -0.329 e. The van der Waals surface area contributed by atoms with Crippen LogP contribution >= 0.6 is 0 Å². The van der Waals surface area contributed by atoms with E-state index in [9.17, 15) is 0 Å². The van der Waals surface area contributed by atoms with Crippen molar-refractivity contribution in [2.24, 2.45) is 5.92 Å². The second kappa shape index (κ2) is 26.4. The molecule has 37 heavy (non-hydrogen) atoms. The van der Waals surface area contributed by atoms with Gasteiger partial charge < -0.3 is 4.57 Å². The van der Waals surface area contributed by atoms with Crippen LogP contribution in [0.2, 0.25) is 0 Å². The molecule has 0 spiro atoms. The van der Waals surface area contributed by atoms with Gasteiger partial charge in [0.15, 0.2) is 0 Å². The van der Waals surface area contributed by atoms with Crippen molar-refractivity contribution in [2.75, 3.05) is 13.1 Å². The van der Waals surface area contributed by atoms with Crippen LogP contribution < -0.4 is 0 Å². The summed E-state index contributed by atoms with van der Waals surface area (Å²) in [6, 6.07) is 0. The molecular weight excluding hydrogens is 450 g/mol. The molecular formula is C34H57N3. The van der Waals surface area contributed by atoms with Crippen LogP contribution in [0.1, 0.15) is 86.3 Å². The average Bonchev–Trinajstić information content (AvgIpc) is 3.37. The van der Waals surface area contributed by atoms with Gasteiger partial charge in [-0.25, -0.2) is 4.98 Å². The van der Waals surface area contributed by atoms with Crippen molar-refractivity contribution in [3.63, 3.8) is 0 Å². The van der Waals surface area contributed by atoms with Crippen LogP contribution in [0.25, 0.3) is 0 Å². The minimum atomic E-state index is 0.730. The largest absolute Gasteiger partial charge is 0.329 e. The molecule has 1 saturated heterocycles. The third kappa shape index (κ3) is 17.4. The van der Waals surface area contributed by atoms with Crippen molar-refractivity contribution in [3.05, 3.63) is 104 Å². The third-order valence-corrected chi connectivity index (χ3v) is 5.76. The lowest BCUT2D eigenvalue weighted by atomic mass is 9.89. The lowest BCUT2D eigenvalue weighted by Crippen LogP contribution is -2.34. The summed E-state index contributed by atoms with van der Waals surface area (Å²) in [6.07, 6.45) is 28.2. The zero-order valence-corrected chi connectivity index (χ0v) is 25.3. The van der Waals surface area contributed by atoms with Crippen molar-refractivity contribution in [3.8, 4) is 0 Å². The number of allylic oxidation sites excluding steroid dienone is 11. The van der Waals surface area contributed by atoms with Gasteiger partial charge in [-0.05, 0) is 56.3 Å². The standard InChI is InChI=1S/C26H35N3.C4H10.2C2H6/c1-5-9-13-23(10-6-2)18-24-14-16-28(17-15-24)21-26-19-27-22-29(26)20-25(11-7-3)12-8-4;1-3-4-2;2*1-2/h5-13,19,22,24H,1-3,14-18,20-21H2,4H3;3-4H2,1-2H3;2*1-2H3/b12-8-,13-9-,23-10+,25-11+;;;. The molecule has 0 aliphatic carbocycles. The molecule has 0 radical (unpaired) electrons. The van der Waals surface area contributed by atoms with E-state index < -0.39 is 0 Å². The number of rotatable bonds is 12. The van der Waals surface area contributed by atoms with Crippen molar-refractivity contribution in [1.29, 1.82) is 0 Å². The normalized spacial score (nSPS) is 14.7. The zero-order valence-electron chi connectivity index (χ0n) is 25.3. The number of unbranched alkanes of at least 4 members (excludes halogenated alkanes) is 1. The Labute approximate surface area is 230 Å². The first-order chi connectivity index (χ1) is 18.1. The van der Waals surface area contributed by atoms with Crippen LogP contribution in [-0.2, 0) is 13.1 Å². The van der Waals surface area contributed by atoms with Crippen LogP contribution in [-0.4, -0.2) is 27.5 Å². The number of piperidine rings is 1. The highest BCUT2D eigenvalue weighted by atomic mass is 15.2. The van der Waals surface area contributed by atoms with Gasteiger partial charge in [0.05, 0.1) is 12.0 Å².